The van der Waals surface area contributed by atoms with E-state index in [1.54, 1.807) is 49.9 Å². The Bertz CT molecular complexity index is 3730. The van der Waals surface area contributed by atoms with Gasteiger partial charge in [-0.1, -0.05) is 71.6 Å². The van der Waals surface area contributed by atoms with Crippen LogP contribution in [0, 0.1) is 48.3 Å². The van der Waals surface area contributed by atoms with E-state index in [4.69, 9.17) is 34.8 Å². The summed E-state index contributed by atoms with van der Waals surface area (Å²) in [6.45, 7) is 1.93. The van der Waals surface area contributed by atoms with Gasteiger partial charge in [-0.15, -0.1) is 94.3 Å². The molecule has 0 saturated carbocycles. The van der Waals surface area contributed by atoms with Gasteiger partial charge in [-0.25, -0.2) is 5.26 Å². The number of benzene rings is 6. The summed E-state index contributed by atoms with van der Waals surface area (Å²) in [7, 11) is -4.78. The number of hydrogen-bond donors (Lipinski definition) is 3. The number of fused-ring (bicyclic) bond motifs is 6. The molecule has 0 atom stereocenters. The normalized spacial score (nSPS) is 10.0. The summed E-state index contributed by atoms with van der Waals surface area (Å²) in [4.78, 5) is 17.2. The maximum absolute atomic E-state index is 11.0. The third-order valence-corrected chi connectivity index (χ3v) is 11.5. The van der Waals surface area contributed by atoms with Gasteiger partial charge in [-0.05, 0) is 90.7 Å². The number of aliphatic hydroxyl groups is 2. The fourth-order valence-electron chi connectivity index (χ4n) is 7.30. The Hall–Kier alpha value is -8.62. The molecule has 83 heavy (non-hydrogen) atoms. The maximum atomic E-state index is 11.0. The Morgan fingerprint density at radius 1 is 0.542 bits per heavy atom. The largest absolute Gasteiger partial charge is 0.525 e. The van der Waals surface area contributed by atoms with Gasteiger partial charge in [0.25, 0.3) is 0 Å². The van der Waals surface area contributed by atoms with Crippen molar-refractivity contribution in [1.29, 1.82) is 10.5 Å². The molecule has 14 nitrogen and oxygen atoms in total. The first-order chi connectivity index (χ1) is 38.9. The third kappa shape index (κ3) is 18.7. The minimum atomic E-state index is -5.78. The standard InChI is InChI=1S/C18H10N2O.C18H9N2O.2C11H8N.C2H6O.CHF3O4S.CH4O.CH3.2Ir/c2*19-11-12-7-8-13-14-4-3-5-15(16-6-1-2-9-20-16)18(14)21-17(13)10-12;2*1-2-6-10(7-3-1)11-8-4-5-9-12-11;1-2-3;2-1(3,4)9(6,7)8-5;1-2;;;/h1-10H;1-4,6-10H;2*1-6,8-9H;3H,2H2,1H3;5H;2H,1H3;1H3;;/q;3*-1;;;;-1;;. The Morgan fingerprint density at radius 2 is 0.964 bits per heavy atom. The number of nitrogens with zero attached hydrogens (tertiary/aromatic N) is 6. The van der Waals surface area contributed by atoms with Crippen molar-refractivity contribution in [3.63, 3.8) is 0 Å². The predicted octanol–water partition coefficient (Wildman–Crippen LogP) is 14.3. The Morgan fingerprint density at radius 3 is 1.35 bits per heavy atom. The number of hydrogen-bond acceptors (Lipinski definition) is 14. The minimum absolute atomic E-state index is 0. The van der Waals surface area contributed by atoms with Gasteiger partial charge in [0.2, 0.25) is 0 Å². The molecule has 2 radical (unpaired) electrons. The van der Waals surface area contributed by atoms with Gasteiger partial charge in [-0.2, -0.15) is 32.1 Å². The average molecular weight is 1490 g/mol. The summed E-state index contributed by atoms with van der Waals surface area (Å²) in [5, 5.41) is 43.7. The first-order valence-electron chi connectivity index (χ1n) is 23.8. The van der Waals surface area contributed by atoms with Gasteiger partial charge >= 0.3 is 15.6 Å². The number of nitriles is 2. The van der Waals surface area contributed by atoms with Crippen LogP contribution in [0.25, 0.3) is 88.9 Å². The van der Waals surface area contributed by atoms with E-state index < -0.39 is 15.6 Å². The second-order valence-electron chi connectivity index (χ2n) is 15.8. The molecule has 0 spiro atoms. The van der Waals surface area contributed by atoms with Crippen molar-refractivity contribution in [3.8, 4) is 57.2 Å². The molecule has 20 heteroatoms. The third-order valence-electron chi connectivity index (χ3n) is 10.7. The number of aliphatic hydroxyl groups excluding tert-OH is 2. The van der Waals surface area contributed by atoms with Crippen molar-refractivity contribution in [3.05, 3.63) is 250 Å². The molecule has 0 saturated heterocycles. The van der Waals surface area contributed by atoms with Gasteiger partial charge in [0.1, 0.15) is 16.7 Å². The number of rotatable bonds is 5. The fraction of sp³-hybridized carbons (Fsp3) is 0.0635. The summed E-state index contributed by atoms with van der Waals surface area (Å²) in [6.07, 6.45) is 7.09. The number of alkyl halides is 3. The van der Waals surface area contributed by atoms with Crippen LogP contribution in [-0.4, -0.2) is 63.0 Å². The molecule has 0 fully saturated rings. The second-order valence-corrected chi connectivity index (χ2v) is 17.4. The Balaban J connectivity index is 0.000000273. The molecule has 0 bridgehead atoms. The molecule has 0 aliphatic rings. The van der Waals surface area contributed by atoms with Crippen LogP contribution in [0.3, 0.4) is 0 Å². The van der Waals surface area contributed by atoms with Crippen LogP contribution in [-0.2, 0) is 54.7 Å². The van der Waals surface area contributed by atoms with E-state index in [9.17, 15) is 21.6 Å². The molecule has 6 aromatic carbocycles. The summed E-state index contributed by atoms with van der Waals surface area (Å²) >= 11 is 0. The molecule has 428 valence electrons. The van der Waals surface area contributed by atoms with E-state index in [1.165, 1.54) is 0 Å². The van der Waals surface area contributed by atoms with E-state index >= 15 is 0 Å². The predicted molar refractivity (Wildman–Crippen MR) is 305 cm³/mol. The molecule has 12 aromatic rings. The van der Waals surface area contributed by atoms with Crippen LogP contribution in [0.5, 0.6) is 0 Å². The quantitative estimate of drug-likeness (QED) is 0.0630. The van der Waals surface area contributed by atoms with Crippen LogP contribution in [0.15, 0.2) is 222 Å². The van der Waals surface area contributed by atoms with Gasteiger partial charge in [-0.3, -0.25) is 4.98 Å². The van der Waals surface area contributed by atoms with E-state index in [2.05, 4.69) is 54.6 Å². The smallest absolute Gasteiger partial charge is 0.501 e. The van der Waals surface area contributed by atoms with Crippen LogP contribution in [0.2, 0.25) is 0 Å². The van der Waals surface area contributed by atoms with E-state index in [1.807, 2.05) is 170 Å². The van der Waals surface area contributed by atoms with Crippen molar-refractivity contribution < 1.29 is 90.4 Å². The van der Waals surface area contributed by atoms with Crippen molar-refractivity contribution in [2.75, 3.05) is 13.7 Å². The van der Waals surface area contributed by atoms with Gasteiger partial charge < -0.3 is 41.4 Å². The van der Waals surface area contributed by atoms with Gasteiger partial charge in [0.05, 0.1) is 34.5 Å². The van der Waals surface area contributed by atoms with Gasteiger partial charge in [0.15, 0.2) is 0 Å². The molecule has 3 N–H and O–H groups in total. The van der Waals surface area contributed by atoms with Crippen molar-refractivity contribution >= 4 is 54.0 Å². The topological polar surface area (TPSA) is 229 Å². The number of pyridine rings is 4. The molecule has 0 aliphatic carbocycles. The molecule has 6 aromatic heterocycles. The molecular weight excluding hydrogens is 1440 g/mol. The monoisotopic (exact) mass is 1490 g/mol. The number of para-hydroxylation sites is 1. The van der Waals surface area contributed by atoms with Crippen molar-refractivity contribution in [2.45, 2.75) is 12.4 Å². The zero-order valence-corrected chi connectivity index (χ0v) is 49.8. The van der Waals surface area contributed by atoms with Crippen LogP contribution in [0.1, 0.15) is 18.1 Å². The molecular formula is C63H49F3Ir2N6O8S-4. The zero-order valence-electron chi connectivity index (χ0n) is 44.2. The molecule has 12 rings (SSSR count). The molecule has 0 unspecified atom stereocenters. The summed E-state index contributed by atoms with van der Waals surface area (Å²) < 4.78 is 65.8. The number of halogens is 3. The zero-order chi connectivity index (χ0) is 57.3. The van der Waals surface area contributed by atoms with Crippen LogP contribution in [0.4, 0.5) is 13.2 Å². The maximum Gasteiger partial charge on any atom is 0.525 e. The van der Waals surface area contributed by atoms with Gasteiger partial charge in [0, 0.05) is 100 Å². The van der Waals surface area contributed by atoms with E-state index in [0.29, 0.717) is 16.7 Å². The summed E-state index contributed by atoms with van der Waals surface area (Å²) in [6, 6.07) is 73.5. The van der Waals surface area contributed by atoms with Crippen molar-refractivity contribution in [1.82, 2.24) is 19.9 Å². The van der Waals surface area contributed by atoms with E-state index in [0.717, 1.165) is 90.4 Å². The minimum Gasteiger partial charge on any atom is -0.501 e. The number of aromatic nitrogens is 4. The van der Waals surface area contributed by atoms with Crippen molar-refractivity contribution in [2.24, 2.45) is 0 Å². The molecule has 0 aliphatic heterocycles. The van der Waals surface area contributed by atoms with Crippen LogP contribution >= 0.6 is 0 Å². The fourth-order valence-corrected chi connectivity index (χ4v) is 7.38. The molecule has 0 amide bonds. The second kappa shape index (κ2) is 34.6. The SMILES string of the molecule is CCO.CO.N#Cc1ccc2c(c1)oc1c(-c3ccccn3)[c-]ccc12.N#Cc1ccc2c(c1)oc1c(-c3ccccn3)cccc12.O=S(=O)(OO)C(F)(F)F.[CH3-].[Ir].[Ir].[c-]1ccccc1-c1ccccn1.[c-]1ccccc1-c1ccccn1. The first kappa shape index (κ1) is 68.7. The summed E-state index contributed by atoms with van der Waals surface area (Å²) in [5.74, 6) is 0. The van der Waals surface area contributed by atoms with E-state index in [-0.39, 0.29) is 54.2 Å². The summed E-state index contributed by atoms with van der Waals surface area (Å²) in [5.41, 5.74) is 6.15. The Kier molecular flexibility index (Phi) is 28.6. The Labute approximate surface area is 504 Å². The van der Waals surface area contributed by atoms with Crippen LogP contribution < -0.4 is 0 Å². The average Bonchev–Trinajstić information content (AvgIpc) is 4.32. The number of furan rings is 2. The first-order valence-corrected chi connectivity index (χ1v) is 25.2. The molecule has 6 heterocycles.